The van der Waals surface area contributed by atoms with E-state index < -0.39 is 0 Å². The number of furan rings is 1. The van der Waals surface area contributed by atoms with Crippen LogP contribution >= 0.6 is 23.4 Å². The van der Waals surface area contributed by atoms with Gasteiger partial charge in [0.25, 0.3) is 5.56 Å². The number of nitrogens with zero attached hydrogens (tertiary/aromatic N) is 2. The number of fused-ring (bicyclic) bond motifs is 1. The Morgan fingerprint density at radius 2 is 2.03 bits per heavy atom. The van der Waals surface area contributed by atoms with Gasteiger partial charge in [0.05, 0.1) is 35.5 Å². The van der Waals surface area contributed by atoms with E-state index >= 15 is 0 Å². The summed E-state index contributed by atoms with van der Waals surface area (Å²) in [6.07, 6.45) is 1.56. The minimum absolute atomic E-state index is 0.118. The van der Waals surface area contributed by atoms with Crippen LogP contribution in [0.2, 0.25) is 5.02 Å². The molecule has 0 fully saturated rings. The maximum Gasteiger partial charge on any atom is 0.262 e. The summed E-state index contributed by atoms with van der Waals surface area (Å²) in [5.41, 5.74) is 2.47. The Morgan fingerprint density at radius 1 is 1.22 bits per heavy atom. The standard InChI is InChI=1S/C24H22ClN3O3S/c1-15-6-3-4-8-19(15)16(2)26-22(29)14-32-24-27-21-12-17(25)9-10-20(21)23(30)28(24)13-18-7-5-11-31-18/h3-12,16H,13-14H2,1-2H3,(H,26,29). The highest BCUT2D eigenvalue weighted by Gasteiger charge is 2.16. The first-order valence-corrected chi connectivity index (χ1v) is 11.5. The van der Waals surface area contributed by atoms with Crippen molar-refractivity contribution in [1.29, 1.82) is 0 Å². The Labute approximate surface area is 194 Å². The van der Waals surface area contributed by atoms with Crippen LogP contribution in [0.25, 0.3) is 10.9 Å². The smallest absolute Gasteiger partial charge is 0.262 e. The molecule has 1 N–H and O–H groups in total. The van der Waals surface area contributed by atoms with Gasteiger partial charge in [-0.15, -0.1) is 0 Å². The molecule has 1 amide bonds. The van der Waals surface area contributed by atoms with E-state index in [-0.39, 0.29) is 29.8 Å². The lowest BCUT2D eigenvalue weighted by Gasteiger charge is -2.17. The second kappa shape index (κ2) is 9.63. The zero-order valence-electron chi connectivity index (χ0n) is 17.7. The van der Waals surface area contributed by atoms with Gasteiger partial charge in [0.2, 0.25) is 5.91 Å². The number of thioether (sulfide) groups is 1. The molecule has 32 heavy (non-hydrogen) atoms. The van der Waals surface area contributed by atoms with Gasteiger partial charge < -0.3 is 9.73 Å². The molecule has 0 saturated heterocycles. The molecule has 4 rings (SSSR count). The number of carbonyl (C=O) groups excluding carboxylic acids is 1. The summed E-state index contributed by atoms with van der Waals surface area (Å²) in [6.45, 7) is 4.19. The summed E-state index contributed by atoms with van der Waals surface area (Å²) >= 11 is 7.31. The van der Waals surface area contributed by atoms with Gasteiger partial charge in [-0.3, -0.25) is 14.2 Å². The molecule has 0 aliphatic carbocycles. The topological polar surface area (TPSA) is 77.1 Å². The number of amides is 1. The van der Waals surface area contributed by atoms with E-state index in [1.165, 1.54) is 16.3 Å². The lowest BCUT2D eigenvalue weighted by atomic mass is 10.0. The van der Waals surface area contributed by atoms with Crippen LogP contribution in [0.4, 0.5) is 0 Å². The van der Waals surface area contributed by atoms with Gasteiger partial charge in [0.1, 0.15) is 5.76 Å². The molecule has 6 nitrogen and oxygen atoms in total. The zero-order chi connectivity index (χ0) is 22.7. The monoisotopic (exact) mass is 467 g/mol. The molecule has 0 aliphatic heterocycles. The highest BCUT2D eigenvalue weighted by Crippen LogP contribution is 2.22. The van der Waals surface area contributed by atoms with Gasteiger partial charge in [0, 0.05) is 5.02 Å². The van der Waals surface area contributed by atoms with Crippen molar-refractivity contribution in [2.24, 2.45) is 0 Å². The third-order valence-electron chi connectivity index (χ3n) is 5.14. The summed E-state index contributed by atoms with van der Waals surface area (Å²) < 4.78 is 6.95. The average Bonchev–Trinajstić information content (AvgIpc) is 3.28. The third-order valence-corrected chi connectivity index (χ3v) is 6.35. The molecule has 0 saturated carbocycles. The molecule has 0 aliphatic rings. The van der Waals surface area contributed by atoms with E-state index in [9.17, 15) is 9.59 Å². The molecule has 2 aromatic heterocycles. The van der Waals surface area contributed by atoms with E-state index in [0.29, 0.717) is 26.8 Å². The van der Waals surface area contributed by atoms with Gasteiger partial charge in [0.15, 0.2) is 5.16 Å². The first-order valence-electron chi connectivity index (χ1n) is 10.1. The summed E-state index contributed by atoms with van der Waals surface area (Å²) in [5, 5.41) is 4.40. The highest BCUT2D eigenvalue weighted by atomic mass is 35.5. The molecular formula is C24H22ClN3O3S. The SMILES string of the molecule is Cc1ccccc1C(C)NC(=O)CSc1nc2cc(Cl)ccc2c(=O)n1Cc1ccco1. The lowest BCUT2D eigenvalue weighted by molar-refractivity contribution is -0.119. The van der Waals surface area contributed by atoms with Crippen molar-refractivity contribution in [3.63, 3.8) is 0 Å². The number of rotatable bonds is 7. The largest absolute Gasteiger partial charge is 0.467 e. The first kappa shape index (κ1) is 22.2. The Bertz CT molecular complexity index is 1320. The Kier molecular flexibility index (Phi) is 6.67. The van der Waals surface area contributed by atoms with Gasteiger partial charge in [-0.2, -0.15) is 0 Å². The summed E-state index contributed by atoms with van der Waals surface area (Å²) in [7, 11) is 0. The Balaban J connectivity index is 1.57. The van der Waals surface area contributed by atoms with Crippen LogP contribution in [0.15, 0.2) is 75.2 Å². The van der Waals surface area contributed by atoms with Crippen LogP contribution in [0.5, 0.6) is 0 Å². The molecule has 0 bridgehead atoms. The number of nitrogens with one attached hydrogen (secondary N) is 1. The van der Waals surface area contributed by atoms with Crippen LogP contribution in [-0.4, -0.2) is 21.2 Å². The third kappa shape index (κ3) is 4.89. The maximum absolute atomic E-state index is 13.2. The summed E-state index contributed by atoms with van der Waals surface area (Å²) in [6, 6.07) is 16.4. The molecule has 164 valence electrons. The predicted molar refractivity (Wildman–Crippen MR) is 127 cm³/mol. The van der Waals surface area contributed by atoms with E-state index in [4.69, 9.17) is 16.0 Å². The molecule has 0 radical (unpaired) electrons. The fourth-order valence-electron chi connectivity index (χ4n) is 3.55. The van der Waals surface area contributed by atoms with Crippen LogP contribution < -0.4 is 10.9 Å². The Morgan fingerprint density at radius 3 is 2.78 bits per heavy atom. The van der Waals surface area contributed by atoms with Crippen molar-refractivity contribution in [2.75, 3.05) is 5.75 Å². The number of aromatic nitrogens is 2. The second-order valence-corrected chi connectivity index (χ2v) is 8.84. The average molecular weight is 468 g/mol. The summed E-state index contributed by atoms with van der Waals surface area (Å²) in [5.74, 6) is 0.602. The zero-order valence-corrected chi connectivity index (χ0v) is 19.2. The van der Waals surface area contributed by atoms with Crippen LogP contribution in [0, 0.1) is 6.92 Å². The van der Waals surface area contributed by atoms with Crippen molar-refractivity contribution in [2.45, 2.75) is 31.6 Å². The summed E-state index contributed by atoms with van der Waals surface area (Å²) in [4.78, 5) is 30.4. The number of carbonyl (C=O) groups is 1. The van der Waals surface area contributed by atoms with Crippen molar-refractivity contribution >= 4 is 40.2 Å². The number of hydrogen-bond donors (Lipinski definition) is 1. The fourth-order valence-corrected chi connectivity index (χ4v) is 4.52. The van der Waals surface area contributed by atoms with Crippen molar-refractivity contribution in [3.05, 3.63) is 93.1 Å². The quantitative estimate of drug-likeness (QED) is 0.307. The molecule has 1 unspecified atom stereocenters. The van der Waals surface area contributed by atoms with Crippen LogP contribution in [0.1, 0.15) is 29.9 Å². The second-order valence-electron chi connectivity index (χ2n) is 7.46. The van der Waals surface area contributed by atoms with Crippen LogP contribution in [0.3, 0.4) is 0 Å². The number of hydrogen-bond acceptors (Lipinski definition) is 5. The number of aryl methyl sites for hydroxylation is 1. The first-order chi connectivity index (χ1) is 15.4. The number of benzene rings is 2. The molecular weight excluding hydrogens is 446 g/mol. The van der Waals surface area contributed by atoms with E-state index in [1.807, 2.05) is 38.1 Å². The van der Waals surface area contributed by atoms with Gasteiger partial charge in [-0.05, 0) is 55.3 Å². The molecule has 0 spiro atoms. The maximum atomic E-state index is 13.2. The molecule has 2 aromatic carbocycles. The minimum atomic E-state index is -0.209. The van der Waals surface area contributed by atoms with Crippen molar-refractivity contribution < 1.29 is 9.21 Å². The normalized spacial score (nSPS) is 12.1. The van der Waals surface area contributed by atoms with Gasteiger partial charge >= 0.3 is 0 Å². The molecule has 8 heteroatoms. The Hall–Kier alpha value is -3.03. The lowest BCUT2D eigenvalue weighted by Crippen LogP contribution is -2.29. The van der Waals surface area contributed by atoms with Gasteiger partial charge in [-0.1, -0.05) is 47.6 Å². The van der Waals surface area contributed by atoms with Crippen molar-refractivity contribution in [3.8, 4) is 0 Å². The van der Waals surface area contributed by atoms with E-state index in [2.05, 4.69) is 10.3 Å². The molecule has 4 aromatic rings. The predicted octanol–water partition coefficient (Wildman–Crippen LogP) is 4.97. The fraction of sp³-hybridized carbons (Fsp3) is 0.208. The number of halogens is 1. The minimum Gasteiger partial charge on any atom is -0.467 e. The van der Waals surface area contributed by atoms with Crippen molar-refractivity contribution in [1.82, 2.24) is 14.9 Å². The van der Waals surface area contributed by atoms with Gasteiger partial charge in [-0.25, -0.2) is 4.98 Å². The van der Waals surface area contributed by atoms with E-state index in [0.717, 1.165) is 11.1 Å². The van der Waals surface area contributed by atoms with E-state index in [1.54, 1.807) is 36.6 Å². The van der Waals surface area contributed by atoms with Crippen LogP contribution in [-0.2, 0) is 11.3 Å². The highest BCUT2D eigenvalue weighted by molar-refractivity contribution is 7.99. The molecule has 2 heterocycles. The molecule has 1 atom stereocenters.